The lowest BCUT2D eigenvalue weighted by atomic mass is 10.2. The van der Waals surface area contributed by atoms with E-state index in [0.717, 1.165) is 0 Å². The molecule has 15 heavy (non-hydrogen) atoms. The van der Waals surface area contributed by atoms with Gasteiger partial charge in [0.25, 0.3) is 0 Å². The van der Waals surface area contributed by atoms with Crippen molar-refractivity contribution in [1.82, 2.24) is 5.32 Å². The van der Waals surface area contributed by atoms with Crippen molar-refractivity contribution < 1.29 is 19.4 Å². The zero-order valence-electron chi connectivity index (χ0n) is 9.46. The minimum atomic E-state index is -0.881. The van der Waals surface area contributed by atoms with Crippen LogP contribution in [-0.2, 0) is 9.53 Å². The Morgan fingerprint density at radius 1 is 1.47 bits per heavy atom. The van der Waals surface area contributed by atoms with E-state index in [1.54, 1.807) is 27.7 Å². The average Bonchev–Trinajstić information content (AvgIpc) is 2.56. The number of hydrogen-bond donors (Lipinski definition) is 2. The summed E-state index contributed by atoms with van der Waals surface area (Å²) in [7, 11) is 0. The van der Waals surface area contributed by atoms with Crippen molar-refractivity contribution in [3.05, 3.63) is 0 Å². The number of carbonyl (C=O) groups is 2. The van der Waals surface area contributed by atoms with Crippen molar-refractivity contribution in [2.45, 2.75) is 45.3 Å². The standard InChI is InChI=1S/C10H17NO4/c1-9(2,3)15-8(14)11-10(4)5-6(10)7(12)13/h6H,5H2,1-4H3,(H,11,14)(H,12,13)/t6-,10-/m0/s1. The summed E-state index contributed by atoms with van der Waals surface area (Å²) in [5.74, 6) is -1.38. The second-order valence-electron chi connectivity index (χ2n) is 5.14. The van der Waals surface area contributed by atoms with Gasteiger partial charge in [-0.15, -0.1) is 0 Å². The van der Waals surface area contributed by atoms with Gasteiger partial charge in [0.15, 0.2) is 0 Å². The third kappa shape index (κ3) is 3.11. The van der Waals surface area contributed by atoms with Gasteiger partial charge in [0.2, 0.25) is 0 Å². The molecule has 0 aromatic rings. The minimum Gasteiger partial charge on any atom is -0.481 e. The van der Waals surface area contributed by atoms with Gasteiger partial charge in [-0.25, -0.2) is 4.79 Å². The number of aliphatic carboxylic acids is 1. The van der Waals surface area contributed by atoms with Gasteiger partial charge in [-0.2, -0.15) is 0 Å². The Bertz CT molecular complexity index is 294. The maximum Gasteiger partial charge on any atom is 0.408 e. The maximum atomic E-state index is 11.4. The Morgan fingerprint density at radius 2 is 2.00 bits per heavy atom. The highest BCUT2D eigenvalue weighted by molar-refractivity contribution is 5.79. The lowest BCUT2D eigenvalue weighted by Crippen LogP contribution is -2.41. The summed E-state index contributed by atoms with van der Waals surface area (Å²) in [4.78, 5) is 22.0. The molecule has 0 spiro atoms. The fourth-order valence-electron chi connectivity index (χ4n) is 1.40. The van der Waals surface area contributed by atoms with E-state index in [-0.39, 0.29) is 0 Å². The largest absolute Gasteiger partial charge is 0.481 e. The summed E-state index contributed by atoms with van der Waals surface area (Å²) in [6.45, 7) is 6.99. The number of amides is 1. The van der Waals surface area contributed by atoms with Crippen LogP contribution in [0.25, 0.3) is 0 Å². The third-order valence-corrected chi connectivity index (χ3v) is 2.32. The van der Waals surface area contributed by atoms with Crippen molar-refractivity contribution in [2.75, 3.05) is 0 Å². The van der Waals surface area contributed by atoms with E-state index < -0.39 is 29.1 Å². The molecule has 0 aromatic heterocycles. The van der Waals surface area contributed by atoms with E-state index in [1.165, 1.54) is 0 Å². The summed E-state index contributed by atoms with van der Waals surface area (Å²) in [5, 5.41) is 11.3. The van der Waals surface area contributed by atoms with Crippen molar-refractivity contribution >= 4 is 12.1 Å². The molecule has 0 heterocycles. The van der Waals surface area contributed by atoms with Crippen molar-refractivity contribution in [1.29, 1.82) is 0 Å². The van der Waals surface area contributed by atoms with Crippen molar-refractivity contribution in [3.8, 4) is 0 Å². The van der Waals surface area contributed by atoms with Gasteiger partial charge >= 0.3 is 12.1 Å². The van der Waals surface area contributed by atoms with Crippen LogP contribution in [0.1, 0.15) is 34.1 Å². The molecule has 5 nitrogen and oxygen atoms in total. The van der Waals surface area contributed by atoms with Gasteiger partial charge in [-0.05, 0) is 34.1 Å². The molecular formula is C10H17NO4. The summed E-state index contributed by atoms with van der Waals surface area (Å²) in [6, 6.07) is 0. The van der Waals surface area contributed by atoms with E-state index in [2.05, 4.69) is 5.32 Å². The van der Waals surface area contributed by atoms with Crippen LogP contribution in [0.3, 0.4) is 0 Å². The molecule has 0 aliphatic heterocycles. The molecule has 1 aliphatic carbocycles. The Labute approximate surface area is 88.8 Å². The van der Waals surface area contributed by atoms with E-state index >= 15 is 0 Å². The van der Waals surface area contributed by atoms with E-state index in [4.69, 9.17) is 9.84 Å². The first-order chi connectivity index (χ1) is 6.64. The molecule has 1 rings (SSSR count). The number of hydrogen-bond acceptors (Lipinski definition) is 3. The lowest BCUT2D eigenvalue weighted by molar-refractivity contribution is -0.139. The summed E-state index contributed by atoms with van der Waals surface area (Å²) in [5.41, 5.74) is -1.21. The van der Waals surface area contributed by atoms with Crippen LogP contribution < -0.4 is 5.32 Å². The monoisotopic (exact) mass is 215 g/mol. The van der Waals surface area contributed by atoms with Gasteiger partial charge in [-0.1, -0.05) is 0 Å². The molecule has 1 aliphatic rings. The van der Waals surface area contributed by atoms with Crippen LogP contribution >= 0.6 is 0 Å². The van der Waals surface area contributed by atoms with Crippen LogP contribution in [0, 0.1) is 5.92 Å². The molecule has 0 aromatic carbocycles. The molecule has 0 radical (unpaired) electrons. The van der Waals surface area contributed by atoms with Crippen molar-refractivity contribution in [2.24, 2.45) is 5.92 Å². The molecule has 2 atom stereocenters. The van der Waals surface area contributed by atoms with Crippen LogP contribution in [0.15, 0.2) is 0 Å². The quantitative estimate of drug-likeness (QED) is 0.729. The first-order valence-electron chi connectivity index (χ1n) is 4.88. The number of carbonyl (C=O) groups excluding carboxylic acids is 1. The van der Waals surface area contributed by atoms with Gasteiger partial charge < -0.3 is 15.2 Å². The minimum absolute atomic E-state index is 0.460. The van der Waals surface area contributed by atoms with Crippen LogP contribution in [0.2, 0.25) is 0 Å². The third-order valence-electron chi connectivity index (χ3n) is 2.32. The molecule has 0 bridgehead atoms. The second-order valence-corrected chi connectivity index (χ2v) is 5.14. The Hall–Kier alpha value is -1.26. The number of ether oxygens (including phenoxy) is 1. The molecule has 1 amide bonds. The Kier molecular flexibility index (Phi) is 2.67. The van der Waals surface area contributed by atoms with Crippen LogP contribution in [0.4, 0.5) is 4.79 Å². The lowest BCUT2D eigenvalue weighted by Gasteiger charge is -2.21. The van der Waals surface area contributed by atoms with Gasteiger partial charge in [-0.3, -0.25) is 4.79 Å². The Balaban J connectivity index is 2.44. The topological polar surface area (TPSA) is 75.6 Å². The maximum absolute atomic E-state index is 11.4. The predicted octanol–water partition coefficient (Wildman–Crippen LogP) is 1.37. The Morgan fingerprint density at radius 3 is 2.33 bits per heavy atom. The second kappa shape index (κ2) is 3.40. The molecular weight excluding hydrogens is 198 g/mol. The van der Waals surface area contributed by atoms with Crippen LogP contribution in [0.5, 0.6) is 0 Å². The number of nitrogens with one attached hydrogen (secondary N) is 1. The SMILES string of the molecule is CC(C)(C)OC(=O)N[C@@]1(C)C[C@H]1C(=O)O. The predicted molar refractivity (Wildman–Crippen MR) is 53.5 cm³/mol. The molecule has 86 valence electrons. The molecule has 1 fully saturated rings. The van der Waals surface area contributed by atoms with Crippen molar-refractivity contribution in [3.63, 3.8) is 0 Å². The fraction of sp³-hybridized carbons (Fsp3) is 0.800. The van der Waals surface area contributed by atoms with E-state index in [1.807, 2.05) is 0 Å². The molecule has 5 heteroatoms. The zero-order chi connectivity index (χ0) is 11.9. The summed E-state index contributed by atoms with van der Waals surface area (Å²) >= 11 is 0. The average molecular weight is 215 g/mol. The summed E-state index contributed by atoms with van der Waals surface area (Å²) in [6.07, 6.45) is -0.101. The molecule has 0 unspecified atom stereocenters. The van der Waals surface area contributed by atoms with E-state index in [9.17, 15) is 9.59 Å². The van der Waals surface area contributed by atoms with Gasteiger partial charge in [0.05, 0.1) is 11.5 Å². The van der Waals surface area contributed by atoms with Gasteiger partial charge in [0, 0.05) is 0 Å². The zero-order valence-corrected chi connectivity index (χ0v) is 9.46. The number of alkyl carbamates (subject to hydrolysis) is 1. The smallest absolute Gasteiger partial charge is 0.408 e. The highest BCUT2D eigenvalue weighted by Gasteiger charge is 2.56. The molecule has 2 N–H and O–H groups in total. The van der Waals surface area contributed by atoms with Crippen LogP contribution in [-0.4, -0.2) is 28.3 Å². The molecule has 1 saturated carbocycles. The number of rotatable bonds is 2. The number of carboxylic acid groups (broad SMARTS) is 1. The number of carboxylic acids is 1. The first kappa shape index (κ1) is 11.8. The molecule has 0 saturated heterocycles. The highest BCUT2D eigenvalue weighted by Crippen LogP contribution is 2.43. The van der Waals surface area contributed by atoms with E-state index in [0.29, 0.717) is 6.42 Å². The first-order valence-corrected chi connectivity index (χ1v) is 4.88. The summed E-state index contributed by atoms with van der Waals surface area (Å²) < 4.78 is 5.04. The normalized spacial score (nSPS) is 29.5. The van der Waals surface area contributed by atoms with Gasteiger partial charge in [0.1, 0.15) is 5.60 Å². The fourth-order valence-corrected chi connectivity index (χ4v) is 1.40. The highest BCUT2D eigenvalue weighted by atomic mass is 16.6.